The van der Waals surface area contributed by atoms with Crippen molar-refractivity contribution in [1.29, 1.82) is 0 Å². The summed E-state index contributed by atoms with van der Waals surface area (Å²) in [4.78, 5) is 0.263. The van der Waals surface area contributed by atoms with Gasteiger partial charge in [-0.1, -0.05) is 0 Å². The molecule has 0 aliphatic rings. The lowest BCUT2D eigenvalue weighted by Crippen LogP contribution is -2.30. The Bertz CT molecular complexity index is 566. The normalized spacial score (nSPS) is 11.9. The molecule has 0 atom stereocenters. The first-order valence-corrected chi connectivity index (χ1v) is 7.43. The van der Waals surface area contributed by atoms with Gasteiger partial charge in [-0.25, -0.2) is 8.42 Å². The molecule has 6 heteroatoms. The Hall–Kier alpha value is -1.11. The first kappa shape index (κ1) is 15.9. The van der Waals surface area contributed by atoms with E-state index < -0.39 is 10.0 Å². The van der Waals surface area contributed by atoms with Crippen LogP contribution in [0.3, 0.4) is 0 Å². The highest BCUT2D eigenvalue weighted by molar-refractivity contribution is 7.89. The summed E-state index contributed by atoms with van der Waals surface area (Å²) in [7, 11) is -0.556. The molecule has 0 saturated heterocycles. The van der Waals surface area contributed by atoms with E-state index in [1.165, 1.54) is 7.05 Å². The van der Waals surface area contributed by atoms with Crippen LogP contribution in [0, 0.1) is 20.8 Å². The smallest absolute Gasteiger partial charge is 0.243 e. The molecule has 0 bridgehead atoms. The largest absolute Gasteiger partial charge is 0.496 e. The molecule has 0 amide bonds. The van der Waals surface area contributed by atoms with Gasteiger partial charge in [0.25, 0.3) is 0 Å². The molecular weight excluding hydrogens is 266 g/mol. The van der Waals surface area contributed by atoms with Crippen molar-refractivity contribution in [3.8, 4) is 5.75 Å². The van der Waals surface area contributed by atoms with Gasteiger partial charge in [0.05, 0.1) is 18.6 Å². The zero-order valence-electron chi connectivity index (χ0n) is 12.0. The van der Waals surface area contributed by atoms with Gasteiger partial charge in [-0.3, -0.25) is 0 Å². The molecule has 0 spiro atoms. The molecule has 0 saturated carbocycles. The van der Waals surface area contributed by atoms with Crippen molar-refractivity contribution in [2.75, 3.05) is 27.3 Å². The molecule has 1 aromatic carbocycles. The van der Waals surface area contributed by atoms with Crippen molar-refractivity contribution >= 4 is 10.0 Å². The monoisotopic (exact) mass is 287 g/mol. The van der Waals surface area contributed by atoms with E-state index in [0.29, 0.717) is 11.3 Å². The highest BCUT2D eigenvalue weighted by Crippen LogP contribution is 2.31. The number of sulfonamides is 1. The molecule has 0 radical (unpaired) electrons. The molecule has 0 unspecified atom stereocenters. The number of methoxy groups -OCH3 is 1. The zero-order chi connectivity index (χ0) is 14.8. The summed E-state index contributed by atoms with van der Waals surface area (Å²) in [6.07, 6.45) is 0. The predicted molar refractivity (Wildman–Crippen MR) is 74.1 cm³/mol. The lowest BCUT2D eigenvalue weighted by Gasteiger charge is -2.20. The first-order chi connectivity index (χ1) is 8.77. The maximum atomic E-state index is 12.4. The van der Waals surface area contributed by atoms with E-state index in [2.05, 4.69) is 0 Å². The number of aliphatic hydroxyl groups is 1. The number of benzene rings is 1. The lowest BCUT2D eigenvalue weighted by molar-refractivity contribution is 0.266. The van der Waals surface area contributed by atoms with Gasteiger partial charge in [0.1, 0.15) is 5.75 Å². The van der Waals surface area contributed by atoms with E-state index in [1.54, 1.807) is 20.1 Å². The Morgan fingerprint density at radius 3 is 2.32 bits per heavy atom. The first-order valence-electron chi connectivity index (χ1n) is 5.99. The third kappa shape index (κ3) is 2.91. The van der Waals surface area contributed by atoms with Gasteiger partial charge in [-0.2, -0.15) is 4.31 Å². The van der Waals surface area contributed by atoms with Gasteiger partial charge in [0.2, 0.25) is 10.0 Å². The summed E-state index contributed by atoms with van der Waals surface area (Å²) in [5, 5.41) is 8.88. The predicted octanol–water partition coefficient (Wildman–Crippen LogP) is 1.23. The van der Waals surface area contributed by atoms with Gasteiger partial charge >= 0.3 is 0 Å². The second-order valence-electron chi connectivity index (χ2n) is 4.53. The SMILES string of the molecule is COc1c(C)cc(S(=O)(=O)N(C)CCO)c(C)c1C. The highest BCUT2D eigenvalue weighted by atomic mass is 32.2. The van der Waals surface area contributed by atoms with Crippen LogP contribution in [0.4, 0.5) is 0 Å². The number of ether oxygens (including phenoxy) is 1. The van der Waals surface area contributed by atoms with Crippen LogP contribution in [0.25, 0.3) is 0 Å². The summed E-state index contributed by atoms with van der Waals surface area (Å²) < 4.78 is 31.3. The van der Waals surface area contributed by atoms with Gasteiger partial charge in [0, 0.05) is 13.6 Å². The molecule has 1 N–H and O–H groups in total. The fourth-order valence-electron chi connectivity index (χ4n) is 2.03. The van der Waals surface area contributed by atoms with Crippen molar-refractivity contribution in [3.63, 3.8) is 0 Å². The topological polar surface area (TPSA) is 66.8 Å². The molecule has 1 rings (SSSR count). The number of likely N-dealkylation sites (N-methyl/N-ethyl adjacent to an activating group) is 1. The molecule has 108 valence electrons. The number of nitrogens with zero attached hydrogens (tertiary/aromatic N) is 1. The lowest BCUT2D eigenvalue weighted by atomic mass is 10.1. The van der Waals surface area contributed by atoms with Crippen LogP contribution < -0.4 is 4.74 Å². The number of aliphatic hydroxyl groups excluding tert-OH is 1. The third-order valence-corrected chi connectivity index (χ3v) is 5.27. The van der Waals surface area contributed by atoms with Crippen LogP contribution in [0.1, 0.15) is 16.7 Å². The van der Waals surface area contributed by atoms with E-state index in [1.807, 2.05) is 13.8 Å². The van der Waals surface area contributed by atoms with Crippen LogP contribution in [0.5, 0.6) is 5.75 Å². The summed E-state index contributed by atoms with van der Waals surface area (Å²) in [5.41, 5.74) is 2.27. The Balaban J connectivity index is 3.45. The second kappa shape index (κ2) is 5.90. The van der Waals surface area contributed by atoms with Gasteiger partial charge < -0.3 is 9.84 Å². The summed E-state index contributed by atoms with van der Waals surface area (Å²) in [6, 6.07) is 1.62. The molecular formula is C13H21NO4S. The number of hydrogen-bond acceptors (Lipinski definition) is 4. The molecule has 0 fully saturated rings. The van der Waals surface area contributed by atoms with E-state index in [4.69, 9.17) is 9.84 Å². The molecule has 0 aliphatic heterocycles. The standard InChI is InChI=1S/C13H21NO4S/c1-9-8-12(10(2)11(3)13(9)18-5)19(16,17)14(4)6-7-15/h8,15H,6-7H2,1-5H3. The van der Waals surface area contributed by atoms with Crippen molar-refractivity contribution in [2.24, 2.45) is 0 Å². The van der Waals surface area contributed by atoms with Crippen LogP contribution in [-0.2, 0) is 10.0 Å². The molecule has 0 aliphatic carbocycles. The molecule has 0 aromatic heterocycles. The minimum Gasteiger partial charge on any atom is -0.496 e. The van der Waals surface area contributed by atoms with Gasteiger partial charge in [-0.15, -0.1) is 0 Å². The maximum absolute atomic E-state index is 12.4. The number of hydrogen-bond donors (Lipinski definition) is 1. The maximum Gasteiger partial charge on any atom is 0.243 e. The molecule has 1 aromatic rings. The average molecular weight is 287 g/mol. The van der Waals surface area contributed by atoms with Crippen LogP contribution in [-0.4, -0.2) is 45.1 Å². The van der Waals surface area contributed by atoms with Crippen molar-refractivity contribution in [2.45, 2.75) is 25.7 Å². The summed E-state index contributed by atoms with van der Waals surface area (Å²) >= 11 is 0. The van der Waals surface area contributed by atoms with Crippen molar-refractivity contribution < 1.29 is 18.3 Å². The minimum atomic E-state index is -3.58. The van der Waals surface area contributed by atoms with Crippen molar-refractivity contribution in [1.82, 2.24) is 4.31 Å². The second-order valence-corrected chi connectivity index (χ2v) is 6.54. The fraction of sp³-hybridized carbons (Fsp3) is 0.538. The minimum absolute atomic E-state index is 0.0753. The number of rotatable bonds is 5. The van der Waals surface area contributed by atoms with E-state index in [0.717, 1.165) is 15.4 Å². The van der Waals surface area contributed by atoms with E-state index >= 15 is 0 Å². The molecule has 19 heavy (non-hydrogen) atoms. The van der Waals surface area contributed by atoms with E-state index in [9.17, 15) is 8.42 Å². The highest BCUT2D eigenvalue weighted by Gasteiger charge is 2.25. The molecule has 0 heterocycles. The Kier molecular flexibility index (Phi) is 4.95. The Labute approximate surface area is 114 Å². The number of aryl methyl sites for hydroxylation is 1. The van der Waals surface area contributed by atoms with Crippen molar-refractivity contribution in [3.05, 3.63) is 22.8 Å². The summed E-state index contributed by atoms with van der Waals surface area (Å²) in [6.45, 7) is 5.29. The van der Waals surface area contributed by atoms with Crippen LogP contribution in [0.15, 0.2) is 11.0 Å². The molecule has 5 nitrogen and oxygen atoms in total. The quantitative estimate of drug-likeness (QED) is 0.884. The third-order valence-electron chi connectivity index (χ3n) is 3.29. The van der Waals surface area contributed by atoms with Gasteiger partial charge in [-0.05, 0) is 43.5 Å². The Morgan fingerprint density at radius 1 is 1.26 bits per heavy atom. The summed E-state index contributed by atoms with van der Waals surface area (Å²) in [5.74, 6) is 0.710. The average Bonchev–Trinajstić information content (AvgIpc) is 2.34. The van der Waals surface area contributed by atoms with Gasteiger partial charge in [0.15, 0.2) is 0 Å². The van der Waals surface area contributed by atoms with E-state index in [-0.39, 0.29) is 18.0 Å². The fourth-order valence-corrected chi connectivity index (χ4v) is 3.56. The zero-order valence-corrected chi connectivity index (χ0v) is 12.8. The Morgan fingerprint density at radius 2 is 1.84 bits per heavy atom. The van der Waals surface area contributed by atoms with Crippen LogP contribution >= 0.6 is 0 Å². The van der Waals surface area contributed by atoms with Crippen LogP contribution in [0.2, 0.25) is 0 Å².